The molecule has 0 spiro atoms. The van der Waals surface area contributed by atoms with Gasteiger partial charge in [-0.3, -0.25) is 0 Å². The average Bonchev–Trinajstić information content (AvgIpc) is 2.98. The lowest BCUT2D eigenvalue weighted by molar-refractivity contribution is 0.237. The van der Waals surface area contributed by atoms with Crippen LogP contribution < -0.4 is 10.1 Å². The highest BCUT2D eigenvalue weighted by Crippen LogP contribution is 2.31. The molecule has 0 atom stereocenters. The van der Waals surface area contributed by atoms with Crippen LogP contribution in [0.5, 0.6) is 5.88 Å². The van der Waals surface area contributed by atoms with Crippen LogP contribution in [0.3, 0.4) is 0 Å². The Labute approximate surface area is 154 Å². The lowest BCUT2D eigenvalue weighted by Gasteiger charge is -2.23. The Morgan fingerprint density at radius 1 is 1.21 bits per heavy atom. The smallest absolute Gasteiger partial charge is 0.212 e. The van der Waals surface area contributed by atoms with E-state index in [0.717, 1.165) is 28.7 Å². The molecule has 1 aromatic heterocycles. The second-order valence-corrected chi connectivity index (χ2v) is 6.59. The molecule has 4 nitrogen and oxygen atoms in total. The van der Waals surface area contributed by atoms with Crippen molar-refractivity contribution in [3.8, 4) is 5.88 Å². The van der Waals surface area contributed by atoms with Crippen molar-refractivity contribution in [1.29, 1.82) is 0 Å². The zero-order valence-electron chi connectivity index (χ0n) is 14.0. The van der Waals surface area contributed by atoms with Gasteiger partial charge in [0.25, 0.3) is 0 Å². The Morgan fingerprint density at radius 3 is 2.58 bits per heavy atom. The molecule has 2 aromatic rings. The first-order chi connectivity index (χ1) is 11.3. The third kappa shape index (κ3) is 4.88. The summed E-state index contributed by atoms with van der Waals surface area (Å²) in [5.74, 6) is 0.872. The predicted octanol–water partition coefficient (Wildman–Crippen LogP) is 4.76. The highest BCUT2D eigenvalue weighted by Gasteiger charge is 2.20. The molecule has 0 bridgehead atoms. The summed E-state index contributed by atoms with van der Waals surface area (Å²) >= 11 is 5.93. The summed E-state index contributed by atoms with van der Waals surface area (Å²) in [6.45, 7) is 1.30. The zero-order chi connectivity index (χ0) is 16.1. The van der Waals surface area contributed by atoms with Gasteiger partial charge in [-0.05, 0) is 37.6 Å². The fourth-order valence-corrected chi connectivity index (χ4v) is 3.25. The van der Waals surface area contributed by atoms with Crippen LogP contribution in [0, 0.1) is 0 Å². The number of nitrogens with zero attached hydrogens (tertiary/aromatic N) is 2. The lowest BCUT2D eigenvalue weighted by Crippen LogP contribution is -2.16. The molecular weight excluding hydrogens is 345 g/mol. The van der Waals surface area contributed by atoms with Crippen LogP contribution in [0.25, 0.3) is 0 Å². The monoisotopic (exact) mass is 369 g/mol. The molecule has 6 heteroatoms. The first-order valence-electron chi connectivity index (χ1n) is 8.36. The molecular formula is C18H25Cl2N3O. The minimum atomic E-state index is 0. The highest BCUT2D eigenvalue weighted by molar-refractivity contribution is 6.30. The van der Waals surface area contributed by atoms with E-state index >= 15 is 0 Å². The van der Waals surface area contributed by atoms with Gasteiger partial charge in [-0.15, -0.1) is 12.4 Å². The molecule has 0 unspecified atom stereocenters. The molecule has 0 radical (unpaired) electrons. The molecule has 24 heavy (non-hydrogen) atoms. The maximum Gasteiger partial charge on any atom is 0.212 e. The number of halogens is 2. The molecule has 1 fully saturated rings. The van der Waals surface area contributed by atoms with Crippen molar-refractivity contribution < 1.29 is 4.74 Å². The number of benzene rings is 1. The molecule has 1 heterocycles. The fraction of sp³-hybridized carbons (Fsp3) is 0.500. The largest absolute Gasteiger partial charge is 0.473 e. The quantitative estimate of drug-likeness (QED) is 0.797. The highest BCUT2D eigenvalue weighted by atomic mass is 35.5. The molecule has 0 amide bonds. The maximum absolute atomic E-state index is 6.07. The maximum atomic E-state index is 6.07. The van der Waals surface area contributed by atoms with E-state index in [-0.39, 0.29) is 12.4 Å². The zero-order valence-corrected chi connectivity index (χ0v) is 15.6. The average molecular weight is 370 g/mol. The van der Waals surface area contributed by atoms with E-state index in [1.54, 1.807) is 0 Å². The molecule has 1 aliphatic carbocycles. The van der Waals surface area contributed by atoms with Crippen molar-refractivity contribution in [2.75, 3.05) is 7.05 Å². The fourth-order valence-electron chi connectivity index (χ4n) is 3.13. The second-order valence-electron chi connectivity index (χ2n) is 6.16. The summed E-state index contributed by atoms with van der Waals surface area (Å²) in [5.41, 5.74) is 2.14. The van der Waals surface area contributed by atoms with Gasteiger partial charge in [0.2, 0.25) is 5.88 Å². The number of rotatable bonds is 6. The molecule has 1 N–H and O–H groups in total. The Bertz CT molecular complexity index is 622. The normalized spacial score (nSPS) is 15.1. The molecule has 1 aliphatic rings. The third-order valence-corrected chi connectivity index (χ3v) is 4.58. The van der Waals surface area contributed by atoms with Gasteiger partial charge in [0, 0.05) is 17.6 Å². The van der Waals surface area contributed by atoms with Crippen LogP contribution in [0.1, 0.15) is 49.4 Å². The summed E-state index contributed by atoms with van der Waals surface area (Å²) < 4.78 is 8.17. The van der Waals surface area contributed by atoms with Crippen LogP contribution in [-0.2, 0) is 13.2 Å². The van der Waals surface area contributed by atoms with Gasteiger partial charge in [-0.1, -0.05) is 43.0 Å². The van der Waals surface area contributed by atoms with Crippen molar-refractivity contribution in [1.82, 2.24) is 15.1 Å². The number of nitrogens with one attached hydrogen (secondary N) is 1. The van der Waals surface area contributed by atoms with E-state index in [2.05, 4.69) is 16.1 Å². The van der Waals surface area contributed by atoms with Gasteiger partial charge in [0.05, 0.1) is 11.7 Å². The Hall–Kier alpha value is -1.23. The summed E-state index contributed by atoms with van der Waals surface area (Å²) in [6.07, 6.45) is 6.28. The summed E-state index contributed by atoms with van der Waals surface area (Å²) in [6, 6.07) is 10.3. The van der Waals surface area contributed by atoms with Gasteiger partial charge < -0.3 is 10.1 Å². The van der Waals surface area contributed by atoms with Crippen LogP contribution in [0.4, 0.5) is 0 Å². The summed E-state index contributed by atoms with van der Waals surface area (Å²) in [7, 11) is 1.94. The van der Waals surface area contributed by atoms with Crippen molar-refractivity contribution >= 4 is 24.0 Å². The number of aromatic nitrogens is 2. The van der Waals surface area contributed by atoms with Crippen molar-refractivity contribution in [3.05, 3.63) is 46.6 Å². The van der Waals surface area contributed by atoms with E-state index in [0.29, 0.717) is 12.6 Å². The van der Waals surface area contributed by atoms with E-state index in [4.69, 9.17) is 21.4 Å². The SMILES string of the molecule is CNCc1cc(OCc2ccc(Cl)cc2)n(C2CCCCC2)n1.Cl. The number of ether oxygens (including phenoxy) is 1. The van der Waals surface area contributed by atoms with Gasteiger partial charge >= 0.3 is 0 Å². The number of hydrogen-bond donors (Lipinski definition) is 1. The molecule has 1 aromatic carbocycles. The summed E-state index contributed by atoms with van der Waals surface area (Å²) in [4.78, 5) is 0. The third-order valence-electron chi connectivity index (χ3n) is 4.33. The molecule has 3 rings (SSSR count). The standard InChI is InChI=1S/C18H24ClN3O.ClH/c1-20-12-16-11-18(22(21-16)17-5-3-2-4-6-17)23-13-14-7-9-15(19)10-8-14;/h7-11,17,20H,2-6,12-13H2,1H3;1H. The van der Waals surface area contributed by atoms with Crippen molar-refractivity contribution in [2.24, 2.45) is 0 Å². The van der Waals surface area contributed by atoms with Gasteiger partial charge in [0.15, 0.2) is 0 Å². The van der Waals surface area contributed by atoms with E-state index in [1.165, 1.54) is 32.1 Å². The Kier molecular flexibility index (Phi) is 7.40. The van der Waals surface area contributed by atoms with Gasteiger partial charge in [0.1, 0.15) is 6.61 Å². The van der Waals surface area contributed by atoms with Crippen LogP contribution in [0.15, 0.2) is 30.3 Å². The van der Waals surface area contributed by atoms with Gasteiger partial charge in [-0.25, -0.2) is 4.68 Å². The molecule has 132 valence electrons. The summed E-state index contributed by atoms with van der Waals surface area (Å²) in [5, 5.41) is 8.67. The first kappa shape index (κ1) is 19.1. The predicted molar refractivity (Wildman–Crippen MR) is 100 cm³/mol. The molecule has 0 saturated heterocycles. The Morgan fingerprint density at radius 2 is 1.92 bits per heavy atom. The van der Waals surface area contributed by atoms with Crippen molar-refractivity contribution in [2.45, 2.75) is 51.3 Å². The second kappa shape index (κ2) is 9.30. The Balaban J connectivity index is 0.00000208. The topological polar surface area (TPSA) is 39.1 Å². The minimum Gasteiger partial charge on any atom is -0.473 e. The van der Waals surface area contributed by atoms with E-state index in [9.17, 15) is 0 Å². The van der Waals surface area contributed by atoms with Crippen LogP contribution >= 0.6 is 24.0 Å². The van der Waals surface area contributed by atoms with Crippen LogP contribution in [-0.4, -0.2) is 16.8 Å². The van der Waals surface area contributed by atoms with Crippen LogP contribution in [0.2, 0.25) is 5.02 Å². The van der Waals surface area contributed by atoms with Crippen molar-refractivity contribution in [3.63, 3.8) is 0 Å². The molecule has 0 aliphatic heterocycles. The molecule has 1 saturated carbocycles. The van der Waals surface area contributed by atoms with E-state index < -0.39 is 0 Å². The minimum absolute atomic E-state index is 0. The van der Waals surface area contributed by atoms with E-state index in [1.807, 2.05) is 31.3 Å². The lowest BCUT2D eigenvalue weighted by atomic mass is 9.96. The first-order valence-corrected chi connectivity index (χ1v) is 8.74. The number of hydrogen-bond acceptors (Lipinski definition) is 3. The van der Waals surface area contributed by atoms with Gasteiger partial charge in [-0.2, -0.15) is 5.10 Å².